The third-order valence-electron chi connectivity index (χ3n) is 6.43. The lowest BCUT2D eigenvalue weighted by atomic mass is 10.1. The molecule has 0 fully saturated rings. The monoisotopic (exact) mass is 573 g/mol. The largest absolute Gasteiger partial charge is 0.491 e. The summed E-state index contributed by atoms with van der Waals surface area (Å²) in [5, 5.41) is 42.4. The van der Waals surface area contributed by atoms with Crippen molar-refractivity contribution in [3.63, 3.8) is 0 Å². The second kappa shape index (κ2) is 16.5. The van der Waals surface area contributed by atoms with Gasteiger partial charge in [0, 0.05) is 25.8 Å². The molecule has 13 nitrogen and oxygen atoms in total. The fourth-order valence-corrected chi connectivity index (χ4v) is 4.21. The van der Waals surface area contributed by atoms with Gasteiger partial charge in [-0.15, -0.1) is 0 Å². The first kappa shape index (κ1) is 31.7. The Morgan fingerprint density at radius 2 is 1.59 bits per heavy atom. The van der Waals surface area contributed by atoms with Crippen molar-refractivity contribution in [1.29, 1.82) is 0 Å². The van der Waals surface area contributed by atoms with Crippen LogP contribution in [0.15, 0.2) is 42.7 Å². The minimum Gasteiger partial charge on any atom is -0.491 e. The van der Waals surface area contributed by atoms with Crippen LogP contribution in [-0.2, 0) is 9.59 Å². The van der Waals surface area contributed by atoms with Crippen molar-refractivity contribution in [2.75, 3.05) is 57.4 Å². The third kappa shape index (κ3) is 9.97. The van der Waals surface area contributed by atoms with Crippen LogP contribution in [0.2, 0.25) is 0 Å². The van der Waals surface area contributed by atoms with E-state index in [1.165, 1.54) is 17.3 Å². The lowest BCUT2D eigenvalue weighted by Crippen LogP contribution is -2.43. The molecule has 3 amide bonds. The summed E-state index contributed by atoms with van der Waals surface area (Å²) in [5.41, 5.74) is 1.21. The third-order valence-corrected chi connectivity index (χ3v) is 6.43. The lowest BCUT2D eigenvalue weighted by molar-refractivity contribution is -0.122. The molecule has 41 heavy (non-hydrogen) atoms. The van der Waals surface area contributed by atoms with Gasteiger partial charge in [-0.05, 0) is 31.0 Å². The summed E-state index contributed by atoms with van der Waals surface area (Å²) in [4.78, 5) is 46.3. The van der Waals surface area contributed by atoms with Gasteiger partial charge in [-0.2, -0.15) is 0 Å². The number of ether oxygens (including phenoxy) is 1. The molecule has 1 aliphatic rings. The van der Waals surface area contributed by atoms with Gasteiger partial charge >= 0.3 is 0 Å². The standard InChI is InChI=1S/C28H39N5O8/c34-18-22(36)14-30-26(38)16-32-9-5-1-2-6-10-41-25-8-4-3-7-24(25)33(17-27(39)31-15-23(37)19-35)21-11-20(28(32)40)12-29-13-21/h3-4,7-8,11-13,22-23,34-37H,1-2,5-6,9-10,14-19H2,(H,30,38)(H,31,39). The summed E-state index contributed by atoms with van der Waals surface area (Å²) in [6, 6.07) is 8.79. The molecule has 1 aromatic carbocycles. The molecule has 0 saturated heterocycles. The molecule has 224 valence electrons. The second-order valence-electron chi connectivity index (χ2n) is 9.76. The first-order valence-corrected chi connectivity index (χ1v) is 13.7. The summed E-state index contributed by atoms with van der Waals surface area (Å²) in [7, 11) is 0. The molecule has 2 atom stereocenters. The number of nitrogens with one attached hydrogen (secondary N) is 2. The van der Waals surface area contributed by atoms with Crippen LogP contribution in [-0.4, -0.2) is 113 Å². The zero-order chi connectivity index (χ0) is 29.6. The Hall–Kier alpha value is -3.78. The van der Waals surface area contributed by atoms with Crippen LogP contribution in [0.25, 0.3) is 0 Å². The number of aromatic nitrogens is 1. The molecule has 0 radical (unpaired) electrons. The van der Waals surface area contributed by atoms with Crippen molar-refractivity contribution in [2.24, 2.45) is 0 Å². The smallest absolute Gasteiger partial charge is 0.255 e. The molecule has 6 N–H and O–H groups in total. The van der Waals surface area contributed by atoms with E-state index in [1.807, 2.05) is 6.07 Å². The van der Waals surface area contributed by atoms with Crippen molar-refractivity contribution in [1.82, 2.24) is 20.5 Å². The quantitative estimate of drug-likeness (QED) is 0.218. The number of benzene rings is 1. The first-order valence-electron chi connectivity index (χ1n) is 13.7. The number of anilines is 2. The number of carbonyl (C=O) groups excluding carboxylic acids is 3. The maximum Gasteiger partial charge on any atom is 0.255 e. The number of amides is 3. The molecule has 3 rings (SSSR count). The predicted molar refractivity (Wildman–Crippen MR) is 150 cm³/mol. The zero-order valence-corrected chi connectivity index (χ0v) is 22.9. The summed E-state index contributed by atoms with van der Waals surface area (Å²) in [6.07, 6.45) is 3.77. The van der Waals surface area contributed by atoms with Gasteiger partial charge in [0.2, 0.25) is 11.8 Å². The van der Waals surface area contributed by atoms with Gasteiger partial charge in [-0.25, -0.2) is 0 Å². The van der Waals surface area contributed by atoms with E-state index in [4.69, 9.17) is 14.9 Å². The molecule has 0 spiro atoms. The Bertz CT molecular complexity index is 1150. The highest BCUT2D eigenvalue weighted by Gasteiger charge is 2.23. The number of fused-ring (bicyclic) bond motifs is 3. The average Bonchev–Trinajstić information content (AvgIpc) is 2.99. The maximum atomic E-state index is 13.6. The molecule has 2 heterocycles. The number of carbonyl (C=O) groups is 3. The SMILES string of the molecule is O=C(CN1CCCCCCOc2ccccc2N(CC(=O)NCC(O)CO)c2cncc(c2)C1=O)NCC(O)CO. The molecule has 2 unspecified atom stereocenters. The van der Waals surface area contributed by atoms with Crippen LogP contribution >= 0.6 is 0 Å². The van der Waals surface area contributed by atoms with Crippen molar-refractivity contribution < 1.29 is 39.5 Å². The summed E-state index contributed by atoms with van der Waals surface area (Å²) in [6.45, 7) is -0.944. The van der Waals surface area contributed by atoms with Gasteiger partial charge in [-0.3, -0.25) is 19.4 Å². The molecular formula is C28H39N5O8. The Labute approximate surface area is 238 Å². The van der Waals surface area contributed by atoms with E-state index in [0.717, 1.165) is 19.3 Å². The van der Waals surface area contributed by atoms with Crippen molar-refractivity contribution in [3.05, 3.63) is 48.3 Å². The zero-order valence-electron chi connectivity index (χ0n) is 22.9. The number of para-hydroxylation sites is 2. The first-order chi connectivity index (χ1) is 19.8. The van der Waals surface area contributed by atoms with Crippen molar-refractivity contribution in [3.8, 4) is 5.75 Å². The fourth-order valence-electron chi connectivity index (χ4n) is 4.21. The van der Waals surface area contributed by atoms with Gasteiger partial charge in [-0.1, -0.05) is 25.0 Å². The number of pyridine rings is 1. The molecular weight excluding hydrogens is 534 g/mol. The van der Waals surface area contributed by atoms with Gasteiger partial charge < -0.3 is 45.6 Å². The lowest BCUT2D eigenvalue weighted by Gasteiger charge is -2.27. The van der Waals surface area contributed by atoms with Gasteiger partial charge in [0.15, 0.2) is 0 Å². The summed E-state index contributed by atoms with van der Waals surface area (Å²) < 4.78 is 6.08. The van der Waals surface area contributed by atoms with Crippen LogP contribution in [0.3, 0.4) is 0 Å². The van der Waals surface area contributed by atoms with Gasteiger partial charge in [0.25, 0.3) is 5.91 Å². The number of aliphatic hydroxyl groups is 4. The van der Waals surface area contributed by atoms with Gasteiger partial charge in [0.1, 0.15) is 12.3 Å². The van der Waals surface area contributed by atoms with E-state index in [9.17, 15) is 24.6 Å². The minimum absolute atomic E-state index is 0.134. The molecule has 13 heteroatoms. The van der Waals surface area contributed by atoms with Crippen LogP contribution < -0.4 is 20.3 Å². The Balaban J connectivity index is 1.93. The highest BCUT2D eigenvalue weighted by molar-refractivity contribution is 5.97. The Morgan fingerprint density at radius 1 is 0.927 bits per heavy atom. The topological polar surface area (TPSA) is 185 Å². The molecule has 0 saturated carbocycles. The van der Waals surface area contributed by atoms with E-state index in [0.29, 0.717) is 36.7 Å². The van der Waals surface area contributed by atoms with E-state index >= 15 is 0 Å². The van der Waals surface area contributed by atoms with Crippen molar-refractivity contribution in [2.45, 2.75) is 37.9 Å². The average molecular weight is 574 g/mol. The molecule has 0 aliphatic carbocycles. The van der Waals surface area contributed by atoms with Gasteiger partial charge in [0.05, 0.1) is 61.7 Å². The highest BCUT2D eigenvalue weighted by atomic mass is 16.5. The van der Waals surface area contributed by atoms with E-state index in [-0.39, 0.29) is 31.7 Å². The normalized spacial score (nSPS) is 16.0. The maximum absolute atomic E-state index is 13.6. The fraction of sp³-hybridized carbons (Fsp3) is 0.500. The molecule has 2 aromatic rings. The second-order valence-corrected chi connectivity index (χ2v) is 9.76. The van der Waals surface area contributed by atoms with Crippen LogP contribution in [0.5, 0.6) is 5.75 Å². The van der Waals surface area contributed by atoms with Crippen LogP contribution in [0.4, 0.5) is 11.4 Å². The summed E-state index contributed by atoms with van der Waals surface area (Å²) in [5.74, 6) is -0.790. The van der Waals surface area contributed by atoms with Crippen molar-refractivity contribution >= 4 is 29.1 Å². The number of nitrogens with zero attached hydrogens (tertiary/aromatic N) is 3. The van der Waals surface area contributed by atoms with E-state index < -0.39 is 43.1 Å². The number of aliphatic hydroxyl groups excluding tert-OH is 4. The highest BCUT2D eigenvalue weighted by Crippen LogP contribution is 2.34. The predicted octanol–water partition coefficient (Wildman–Crippen LogP) is -0.446. The van der Waals surface area contributed by atoms with Crippen LogP contribution in [0, 0.1) is 0 Å². The Kier molecular flexibility index (Phi) is 12.8. The van der Waals surface area contributed by atoms with E-state index in [2.05, 4.69) is 15.6 Å². The van der Waals surface area contributed by atoms with Crippen LogP contribution in [0.1, 0.15) is 36.0 Å². The number of hydrogen-bond acceptors (Lipinski definition) is 10. The molecule has 1 aliphatic heterocycles. The number of hydrogen-bond donors (Lipinski definition) is 6. The summed E-state index contributed by atoms with van der Waals surface area (Å²) >= 11 is 0. The Morgan fingerprint density at radius 3 is 2.29 bits per heavy atom. The molecule has 2 bridgehead atoms. The number of rotatable bonds is 10. The molecule has 1 aromatic heterocycles. The van der Waals surface area contributed by atoms with E-state index in [1.54, 1.807) is 29.2 Å². The minimum atomic E-state index is -1.10.